The molecule has 19 heavy (non-hydrogen) atoms. The number of carboxylic acids is 1. The van der Waals surface area contributed by atoms with Crippen LogP contribution in [-0.4, -0.2) is 48.4 Å². The van der Waals surface area contributed by atoms with E-state index in [9.17, 15) is 9.59 Å². The monoisotopic (exact) mass is 273 g/mol. The minimum absolute atomic E-state index is 0.214. The van der Waals surface area contributed by atoms with Gasteiger partial charge in [-0.1, -0.05) is 0 Å². The van der Waals surface area contributed by atoms with Crippen molar-refractivity contribution in [3.05, 3.63) is 0 Å². The Balaban J connectivity index is 2.07. The van der Waals surface area contributed by atoms with Crippen molar-refractivity contribution < 1.29 is 24.2 Å². The van der Waals surface area contributed by atoms with Crippen molar-refractivity contribution in [1.82, 2.24) is 5.32 Å². The van der Waals surface area contributed by atoms with Crippen LogP contribution in [0.25, 0.3) is 0 Å². The van der Waals surface area contributed by atoms with Gasteiger partial charge in [0.25, 0.3) is 0 Å². The van der Waals surface area contributed by atoms with Gasteiger partial charge in [-0.15, -0.1) is 0 Å². The molecule has 1 aliphatic rings. The Morgan fingerprint density at radius 2 is 2.00 bits per heavy atom. The van der Waals surface area contributed by atoms with E-state index >= 15 is 0 Å². The molecule has 6 heteroatoms. The second-order valence-corrected chi connectivity index (χ2v) is 4.95. The first-order chi connectivity index (χ1) is 9.00. The van der Waals surface area contributed by atoms with Gasteiger partial charge >= 0.3 is 5.97 Å². The van der Waals surface area contributed by atoms with Crippen molar-refractivity contribution in [3.8, 4) is 0 Å². The first-order valence-electron chi connectivity index (χ1n) is 6.78. The zero-order valence-corrected chi connectivity index (χ0v) is 11.6. The van der Waals surface area contributed by atoms with E-state index in [1.165, 1.54) is 0 Å². The fourth-order valence-corrected chi connectivity index (χ4v) is 1.88. The molecule has 2 unspecified atom stereocenters. The Labute approximate surface area is 113 Å². The van der Waals surface area contributed by atoms with Crippen LogP contribution < -0.4 is 5.32 Å². The summed E-state index contributed by atoms with van der Waals surface area (Å²) in [5.41, 5.74) is 0. The molecule has 0 spiro atoms. The highest BCUT2D eigenvalue weighted by atomic mass is 16.5. The zero-order valence-electron chi connectivity index (χ0n) is 11.6. The Morgan fingerprint density at radius 1 is 1.32 bits per heavy atom. The molecule has 0 radical (unpaired) electrons. The third kappa shape index (κ3) is 6.02. The molecule has 2 atom stereocenters. The van der Waals surface area contributed by atoms with Gasteiger partial charge in [0, 0.05) is 13.2 Å². The molecule has 0 aromatic rings. The van der Waals surface area contributed by atoms with Gasteiger partial charge in [-0.05, 0) is 39.5 Å². The fourth-order valence-electron chi connectivity index (χ4n) is 1.88. The summed E-state index contributed by atoms with van der Waals surface area (Å²) in [4.78, 5) is 22.4. The molecule has 1 amide bonds. The van der Waals surface area contributed by atoms with Gasteiger partial charge in [0.2, 0.25) is 5.91 Å². The highest BCUT2D eigenvalue weighted by Crippen LogP contribution is 2.19. The zero-order chi connectivity index (χ0) is 14.3. The lowest BCUT2D eigenvalue weighted by Crippen LogP contribution is -2.36. The van der Waals surface area contributed by atoms with Crippen molar-refractivity contribution in [2.75, 3.05) is 13.2 Å². The summed E-state index contributed by atoms with van der Waals surface area (Å²) in [7, 11) is 0. The maximum absolute atomic E-state index is 11.7. The van der Waals surface area contributed by atoms with Crippen LogP contribution >= 0.6 is 0 Å². The predicted octanol–water partition coefficient (Wildman–Crippen LogP) is 0.940. The molecule has 1 rings (SSSR count). The SMILES string of the molecule is CC(C)OCCCCNC(=O)C1CCC(C(=O)O)O1. The molecule has 0 aromatic heterocycles. The van der Waals surface area contributed by atoms with E-state index in [2.05, 4.69) is 5.32 Å². The molecule has 0 aliphatic carbocycles. The molecule has 0 bridgehead atoms. The quantitative estimate of drug-likeness (QED) is 0.643. The maximum atomic E-state index is 11.7. The summed E-state index contributed by atoms with van der Waals surface area (Å²) < 4.78 is 10.5. The van der Waals surface area contributed by atoms with Crippen LogP contribution in [0.1, 0.15) is 39.5 Å². The molecule has 110 valence electrons. The van der Waals surface area contributed by atoms with Gasteiger partial charge in [-0.2, -0.15) is 0 Å². The van der Waals surface area contributed by atoms with Crippen molar-refractivity contribution in [2.24, 2.45) is 0 Å². The molecular weight excluding hydrogens is 250 g/mol. The molecule has 0 saturated carbocycles. The van der Waals surface area contributed by atoms with Gasteiger partial charge < -0.3 is 19.9 Å². The maximum Gasteiger partial charge on any atom is 0.332 e. The van der Waals surface area contributed by atoms with E-state index in [0.717, 1.165) is 12.8 Å². The minimum Gasteiger partial charge on any atom is -0.479 e. The van der Waals surface area contributed by atoms with Crippen LogP contribution in [0.5, 0.6) is 0 Å². The summed E-state index contributed by atoms with van der Waals surface area (Å²) >= 11 is 0. The number of unbranched alkanes of at least 4 members (excludes halogenated alkanes) is 1. The van der Waals surface area contributed by atoms with E-state index in [-0.39, 0.29) is 12.0 Å². The van der Waals surface area contributed by atoms with Crippen molar-refractivity contribution >= 4 is 11.9 Å². The second kappa shape index (κ2) is 8.12. The summed E-state index contributed by atoms with van der Waals surface area (Å²) in [5.74, 6) is -1.21. The molecule has 1 heterocycles. The minimum atomic E-state index is -0.999. The van der Waals surface area contributed by atoms with E-state index in [1.807, 2.05) is 13.8 Å². The summed E-state index contributed by atoms with van der Waals surface area (Å²) in [6.07, 6.45) is 1.38. The summed E-state index contributed by atoms with van der Waals surface area (Å²) in [6, 6.07) is 0. The van der Waals surface area contributed by atoms with Crippen LogP contribution in [0.4, 0.5) is 0 Å². The smallest absolute Gasteiger partial charge is 0.332 e. The van der Waals surface area contributed by atoms with Crippen LogP contribution in [0.3, 0.4) is 0 Å². The molecule has 1 fully saturated rings. The topological polar surface area (TPSA) is 84.9 Å². The molecule has 0 aromatic carbocycles. The van der Waals surface area contributed by atoms with Crippen LogP contribution in [0, 0.1) is 0 Å². The summed E-state index contributed by atoms with van der Waals surface area (Å²) in [5, 5.41) is 11.5. The number of nitrogens with one attached hydrogen (secondary N) is 1. The van der Waals surface area contributed by atoms with Crippen LogP contribution in [0.15, 0.2) is 0 Å². The third-order valence-electron chi connectivity index (χ3n) is 2.91. The molecule has 2 N–H and O–H groups in total. The van der Waals surface area contributed by atoms with Gasteiger partial charge in [0.1, 0.15) is 6.10 Å². The number of carbonyl (C=O) groups is 2. The number of hydrogen-bond acceptors (Lipinski definition) is 4. The van der Waals surface area contributed by atoms with E-state index in [1.54, 1.807) is 0 Å². The van der Waals surface area contributed by atoms with Crippen LogP contribution in [0.2, 0.25) is 0 Å². The molecule has 6 nitrogen and oxygen atoms in total. The van der Waals surface area contributed by atoms with E-state index < -0.39 is 18.2 Å². The number of rotatable bonds is 8. The van der Waals surface area contributed by atoms with Crippen molar-refractivity contribution in [3.63, 3.8) is 0 Å². The first kappa shape index (κ1) is 15.9. The molecule has 1 aliphatic heterocycles. The molecular formula is C13H23NO5. The first-order valence-corrected chi connectivity index (χ1v) is 6.78. The van der Waals surface area contributed by atoms with E-state index in [0.29, 0.717) is 26.0 Å². The van der Waals surface area contributed by atoms with Gasteiger partial charge in [0.05, 0.1) is 6.10 Å². The lowest BCUT2D eigenvalue weighted by atomic mass is 10.2. The fraction of sp³-hybridized carbons (Fsp3) is 0.846. The number of aliphatic carboxylic acids is 1. The number of amides is 1. The highest BCUT2D eigenvalue weighted by Gasteiger charge is 2.34. The van der Waals surface area contributed by atoms with E-state index in [4.69, 9.17) is 14.6 Å². The number of carboxylic acid groups (broad SMARTS) is 1. The summed E-state index contributed by atoms with van der Waals surface area (Å²) in [6.45, 7) is 5.22. The third-order valence-corrected chi connectivity index (χ3v) is 2.91. The Morgan fingerprint density at radius 3 is 2.58 bits per heavy atom. The van der Waals surface area contributed by atoms with Gasteiger partial charge in [0.15, 0.2) is 6.10 Å². The lowest BCUT2D eigenvalue weighted by Gasteiger charge is -2.12. The number of carbonyl (C=O) groups excluding carboxylic acids is 1. The van der Waals surface area contributed by atoms with Gasteiger partial charge in [-0.3, -0.25) is 4.79 Å². The second-order valence-electron chi connectivity index (χ2n) is 4.95. The Hall–Kier alpha value is -1.14. The standard InChI is InChI=1S/C13H23NO5/c1-9(2)18-8-4-3-7-14-12(15)10-5-6-11(19-10)13(16)17/h9-11H,3-8H2,1-2H3,(H,14,15)(H,16,17). The largest absolute Gasteiger partial charge is 0.479 e. The van der Waals surface area contributed by atoms with Crippen molar-refractivity contribution in [1.29, 1.82) is 0 Å². The predicted molar refractivity (Wildman–Crippen MR) is 68.9 cm³/mol. The average molecular weight is 273 g/mol. The van der Waals surface area contributed by atoms with Crippen molar-refractivity contribution in [2.45, 2.75) is 57.8 Å². The number of ether oxygens (including phenoxy) is 2. The Kier molecular flexibility index (Phi) is 6.80. The average Bonchev–Trinajstić information content (AvgIpc) is 2.82. The highest BCUT2D eigenvalue weighted by molar-refractivity contribution is 5.82. The lowest BCUT2D eigenvalue weighted by molar-refractivity contribution is -0.151. The normalized spacial score (nSPS) is 22.7. The number of hydrogen-bond donors (Lipinski definition) is 2. The molecule has 1 saturated heterocycles. The Bertz CT molecular complexity index is 305. The van der Waals surface area contributed by atoms with Crippen LogP contribution in [-0.2, 0) is 19.1 Å². The van der Waals surface area contributed by atoms with Gasteiger partial charge in [-0.25, -0.2) is 4.79 Å².